The maximum atomic E-state index is 5.87. The van der Waals surface area contributed by atoms with E-state index in [1.807, 2.05) is 36.1 Å². The highest BCUT2D eigenvalue weighted by molar-refractivity contribution is 14.0. The summed E-state index contributed by atoms with van der Waals surface area (Å²) in [5.41, 5.74) is 9.02. The van der Waals surface area contributed by atoms with E-state index in [4.69, 9.17) is 5.73 Å². The van der Waals surface area contributed by atoms with Crippen molar-refractivity contribution in [1.82, 2.24) is 15.1 Å². The van der Waals surface area contributed by atoms with Crippen molar-refractivity contribution < 1.29 is 0 Å². The number of nitrogens with two attached hydrogens (primary N) is 1. The summed E-state index contributed by atoms with van der Waals surface area (Å²) in [6.45, 7) is 0.545. The topological polar surface area (TPSA) is 68.2 Å². The lowest BCUT2D eigenvalue weighted by molar-refractivity contribution is 0.769. The Hall–Kier alpha value is -1.57. The second kappa shape index (κ2) is 6.93. The maximum Gasteiger partial charge on any atom is 0.189 e. The predicted octanol–water partition coefficient (Wildman–Crippen LogP) is 2.27. The summed E-state index contributed by atoms with van der Waals surface area (Å²) in [5.74, 6) is 0.523. The van der Waals surface area contributed by atoms with Gasteiger partial charge in [-0.15, -0.1) is 24.0 Å². The molecule has 1 aromatic heterocycles. The summed E-state index contributed by atoms with van der Waals surface area (Å²) in [7, 11) is 1.92. The van der Waals surface area contributed by atoms with E-state index in [0.717, 1.165) is 16.8 Å². The van der Waals surface area contributed by atoms with Crippen LogP contribution in [0.4, 0.5) is 0 Å². The van der Waals surface area contributed by atoms with Crippen molar-refractivity contribution >= 4 is 29.9 Å². The number of guanidine groups is 1. The molecule has 1 heterocycles. The number of aromatic nitrogens is 2. The van der Waals surface area contributed by atoms with Gasteiger partial charge in [-0.25, -0.2) is 4.99 Å². The van der Waals surface area contributed by atoms with Crippen LogP contribution in [0.2, 0.25) is 0 Å². The van der Waals surface area contributed by atoms with Crippen LogP contribution in [0.15, 0.2) is 41.5 Å². The molecule has 0 atom stereocenters. The molecule has 112 valence electrons. The SMILES string of the molecule is Cn1cc(CN=C(N)NC2CC2)c(-c2ccccc2)n1.I. The van der Waals surface area contributed by atoms with E-state index in [1.165, 1.54) is 12.8 Å². The van der Waals surface area contributed by atoms with Crippen LogP contribution in [0.3, 0.4) is 0 Å². The van der Waals surface area contributed by atoms with Crippen molar-refractivity contribution in [2.45, 2.75) is 25.4 Å². The van der Waals surface area contributed by atoms with Crippen LogP contribution in [0.25, 0.3) is 11.3 Å². The number of nitrogens with one attached hydrogen (secondary N) is 1. The summed E-state index contributed by atoms with van der Waals surface area (Å²) in [6, 6.07) is 10.7. The normalized spacial score (nSPS) is 14.6. The van der Waals surface area contributed by atoms with E-state index in [9.17, 15) is 0 Å². The van der Waals surface area contributed by atoms with Gasteiger partial charge in [0.05, 0.1) is 12.2 Å². The molecule has 0 radical (unpaired) electrons. The predicted molar refractivity (Wildman–Crippen MR) is 95.5 cm³/mol. The van der Waals surface area contributed by atoms with Gasteiger partial charge in [-0.1, -0.05) is 30.3 Å². The van der Waals surface area contributed by atoms with Crippen molar-refractivity contribution in [2.24, 2.45) is 17.8 Å². The van der Waals surface area contributed by atoms with Gasteiger partial charge in [0, 0.05) is 30.4 Å². The van der Waals surface area contributed by atoms with E-state index < -0.39 is 0 Å². The lowest BCUT2D eigenvalue weighted by Crippen LogP contribution is -2.33. The molecule has 2 aromatic rings. The van der Waals surface area contributed by atoms with Crippen molar-refractivity contribution in [2.75, 3.05) is 0 Å². The molecule has 0 spiro atoms. The Balaban J connectivity index is 0.00000161. The third-order valence-electron chi connectivity index (χ3n) is 3.30. The van der Waals surface area contributed by atoms with Crippen molar-refractivity contribution in [3.8, 4) is 11.3 Å². The lowest BCUT2D eigenvalue weighted by Gasteiger charge is -2.03. The smallest absolute Gasteiger partial charge is 0.189 e. The van der Waals surface area contributed by atoms with Gasteiger partial charge < -0.3 is 11.1 Å². The molecule has 1 aromatic carbocycles. The molecule has 0 saturated heterocycles. The van der Waals surface area contributed by atoms with Crippen LogP contribution >= 0.6 is 24.0 Å². The average molecular weight is 397 g/mol. The van der Waals surface area contributed by atoms with Crippen LogP contribution < -0.4 is 11.1 Å². The molecule has 0 bridgehead atoms. The largest absolute Gasteiger partial charge is 0.370 e. The van der Waals surface area contributed by atoms with Crippen LogP contribution in [0.5, 0.6) is 0 Å². The third kappa shape index (κ3) is 4.20. The number of rotatable bonds is 4. The Morgan fingerprint density at radius 1 is 1.38 bits per heavy atom. The molecule has 1 fully saturated rings. The number of benzene rings is 1. The van der Waals surface area contributed by atoms with Gasteiger partial charge in [-0.05, 0) is 12.8 Å². The van der Waals surface area contributed by atoms with Crippen molar-refractivity contribution in [1.29, 1.82) is 0 Å². The molecule has 6 heteroatoms. The monoisotopic (exact) mass is 397 g/mol. The zero-order valence-corrected chi connectivity index (χ0v) is 14.3. The first-order valence-electron chi connectivity index (χ1n) is 6.87. The summed E-state index contributed by atoms with van der Waals surface area (Å²) >= 11 is 0. The number of aliphatic imine (C=N–C) groups is 1. The van der Waals surface area contributed by atoms with Crippen molar-refractivity contribution in [3.63, 3.8) is 0 Å². The molecule has 3 N–H and O–H groups in total. The first-order chi connectivity index (χ1) is 9.72. The van der Waals surface area contributed by atoms with Gasteiger partial charge in [0.25, 0.3) is 0 Å². The second-order valence-corrected chi connectivity index (χ2v) is 5.16. The van der Waals surface area contributed by atoms with Crippen molar-refractivity contribution in [3.05, 3.63) is 42.1 Å². The molecule has 5 nitrogen and oxygen atoms in total. The van der Waals surface area contributed by atoms with E-state index in [1.54, 1.807) is 0 Å². The van der Waals surface area contributed by atoms with Gasteiger partial charge in [0.15, 0.2) is 5.96 Å². The van der Waals surface area contributed by atoms with Crippen LogP contribution in [-0.4, -0.2) is 21.8 Å². The van der Waals surface area contributed by atoms with Gasteiger partial charge in [0.2, 0.25) is 0 Å². The molecule has 0 amide bonds. The highest BCUT2D eigenvalue weighted by Gasteiger charge is 2.21. The molecule has 1 saturated carbocycles. The third-order valence-corrected chi connectivity index (χ3v) is 3.30. The first kappa shape index (κ1) is 15.8. The van der Waals surface area contributed by atoms with Crippen LogP contribution in [-0.2, 0) is 13.6 Å². The molecule has 1 aliphatic rings. The fourth-order valence-corrected chi connectivity index (χ4v) is 2.15. The second-order valence-electron chi connectivity index (χ2n) is 5.16. The van der Waals surface area contributed by atoms with Crippen LogP contribution in [0, 0.1) is 0 Å². The molecule has 1 aliphatic carbocycles. The van der Waals surface area contributed by atoms with E-state index in [2.05, 4.69) is 27.5 Å². The minimum atomic E-state index is 0. The molecule has 0 aliphatic heterocycles. The molecular formula is C15H20IN5. The Morgan fingerprint density at radius 2 is 2.10 bits per heavy atom. The fraction of sp³-hybridized carbons (Fsp3) is 0.333. The summed E-state index contributed by atoms with van der Waals surface area (Å²) in [6.07, 6.45) is 4.38. The maximum absolute atomic E-state index is 5.87. The zero-order chi connectivity index (χ0) is 13.9. The zero-order valence-electron chi connectivity index (χ0n) is 12.0. The fourth-order valence-electron chi connectivity index (χ4n) is 2.15. The summed E-state index contributed by atoms with van der Waals surface area (Å²) < 4.78 is 1.82. The van der Waals surface area contributed by atoms with Crippen LogP contribution in [0.1, 0.15) is 18.4 Å². The van der Waals surface area contributed by atoms with Gasteiger partial charge in [-0.2, -0.15) is 5.10 Å². The highest BCUT2D eigenvalue weighted by atomic mass is 127. The standard InChI is InChI=1S/C15H19N5.HI/c1-20-10-12(9-17-15(16)18-13-7-8-13)14(19-20)11-5-3-2-4-6-11;/h2-6,10,13H,7-9H2,1H3,(H3,16,17,18);1H. The average Bonchev–Trinajstić information content (AvgIpc) is 3.18. The van der Waals surface area contributed by atoms with Gasteiger partial charge in [0.1, 0.15) is 0 Å². The number of nitrogens with zero attached hydrogens (tertiary/aromatic N) is 3. The minimum Gasteiger partial charge on any atom is -0.370 e. The number of aryl methyl sites for hydroxylation is 1. The number of halogens is 1. The van der Waals surface area contributed by atoms with Gasteiger partial charge >= 0.3 is 0 Å². The number of hydrogen-bond donors (Lipinski definition) is 2. The summed E-state index contributed by atoms with van der Waals surface area (Å²) in [5, 5.41) is 7.71. The lowest BCUT2D eigenvalue weighted by atomic mass is 10.1. The molecular weight excluding hydrogens is 377 g/mol. The quantitative estimate of drug-likeness (QED) is 0.473. The Bertz CT molecular complexity index is 616. The highest BCUT2D eigenvalue weighted by Crippen LogP contribution is 2.22. The van der Waals surface area contributed by atoms with E-state index in [0.29, 0.717) is 18.5 Å². The molecule has 3 rings (SSSR count). The Labute approximate surface area is 141 Å². The summed E-state index contributed by atoms with van der Waals surface area (Å²) in [4.78, 5) is 4.40. The Kier molecular flexibility index (Phi) is 5.22. The van der Waals surface area contributed by atoms with E-state index in [-0.39, 0.29) is 24.0 Å². The minimum absolute atomic E-state index is 0. The van der Waals surface area contributed by atoms with E-state index >= 15 is 0 Å². The van der Waals surface area contributed by atoms with Gasteiger partial charge in [-0.3, -0.25) is 4.68 Å². The first-order valence-corrected chi connectivity index (χ1v) is 6.87. The Morgan fingerprint density at radius 3 is 2.76 bits per heavy atom. The molecule has 21 heavy (non-hydrogen) atoms. The number of hydrogen-bond acceptors (Lipinski definition) is 2. The molecule has 0 unspecified atom stereocenters.